The quantitative estimate of drug-likeness (QED) is 0.754. The van der Waals surface area contributed by atoms with Gasteiger partial charge in [0.25, 0.3) is 0 Å². The van der Waals surface area contributed by atoms with Crippen molar-refractivity contribution < 1.29 is 14.4 Å². The smallest absolute Gasteiger partial charge is 0.246 e. The molecule has 0 aromatic heterocycles. The van der Waals surface area contributed by atoms with E-state index in [1.54, 1.807) is 28.0 Å². The van der Waals surface area contributed by atoms with Crippen molar-refractivity contribution in [1.82, 2.24) is 4.90 Å². The van der Waals surface area contributed by atoms with E-state index in [2.05, 4.69) is 13.8 Å². The van der Waals surface area contributed by atoms with E-state index in [0.29, 0.717) is 37.4 Å². The van der Waals surface area contributed by atoms with Gasteiger partial charge in [-0.2, -0.15) is 0 Å². The van der Waals surface area contributed by atoms with E-state index >= 15 is 0 Å². The van der Waals surface area contributed by atoms with Gasteiger partial charge in [-0.25, -0.2) is 0 Å². The minimum absolute atomic E-state index is 0.0478. The summed E-state index contributed by atoms with van der Waals surface area (Å²) in [4.78, 5) is 39.8. The third-order valence-corrected chi connectivity index (χ3v) is 4.31. The molecule has 0 aliphatic carbocycles. The van der Waals surface area contributed by atoms with Crippen molar-refractivity contribution in [2.24, 2.45) is 5.92 Å². The second-order valence-corrected chi connectivity index (χ2v) is 6.62. The van der Waals surface area contributed by atoms with Crippen LogP contribution in [0.15, 0.2) is 24.3 Å². The topological polar surface area (TPSA) is 57.7 Å². The number of benzene rings is 1. The van der Waals surface area contributed by atoms with Crippen LogP contribution in [0.2, 0.25) is 0 Å². The molecule has 1 aromatic carbocycles. The number of carbonyl (C=O) groups excluding carboxylic acids is 3. The van der Waals surface area contributed by atoms with E-state index in [0.717, 1.165) is 12.1 Å². The Balaban J connectivity index is 2.02. The highest BCUT2D eigenvalue weighted by Crippen LogP contribution is 2.20. The number of nitrogens with zero attached hydrogens (tertiary/aromatic N) is 2. The molecule has 0 N–H and O–H groups in total. The molecule has 130 valence electrons. The highest BCUT2D eigenvalue weighted by Gasteiger charge is 2.28. The number of amides is 2. The molecule has 1 heterocycles. The second kappa shape index (κ2) is 8.08. The van der Waals surface area contributed by atoms with Gasteiger partial charge in [0.1, 0.15) is 6.54 Å². The molecule has 5 heteroatoms. The maximum atomic E-state index is 12.4. The van der Waals surface area contributed by atoms with Crippen LogP contribution < -0.4 is 4.90 Å². The van der Waals surface area contributed by atoms with Crippen molar-refractivity contribution >= 4 is 23.3 Å². The lowest BCUT2D eigenvalue weighted by Crippen LogP contribution is -2.52. The number of hydrogen-bond acceptors (Lipinski definition) is 3. The number of Topliss-reactive ketones (excluding diaryl/α,β-unsaturated/α-hetero) is 1. The Hall–Kier alpha value is -2.17. The van der Waals surface area contributed by atoms with E-state index < -0.39 is 0 Å². The predicted octanol–water partition coefficient (Wildman–Crippen LogP) is 2.89. The molecule has 24 heavy (non-hydrogen) atoms. The number of anilines is 1. The van der Waals surface area contributed by atoms with Gasteiger partial charge >= 0.3 is 0 Å². The maximum absolute atomic E-state index is 12.4. The van der Waals surface area contributed by atoms with Crippen molar-refractivity contribution in [3.05, 3.63) is 29.8 Å². The molecule has 0 atom stereocenters. The summed E-state index contributed by atoms with van der Waals surface area (Å²) in [7, 11) is 0. The SMILES string of the molecule is CCC(=O)c1cccc(N2CCN(C(=O)CCC(C)C)CC2=O)c1. The van der Waals surface area contributed by atoms with Crippen LogP contribution in [0.4, 0.5) is 5.69 Å². The van der Waals surface area contributed by atoms with Crippen molar-refractivity contribution in [2.45, 2.75) is 40.0 Å². The van der Waals surface area contributed by atoms with Gasteiger partial charge in [0.05, 0.1) is 0 Å². The van der Waals surface area contributed by atoms with Crippen LogP contribution in [0.1, 0.15) is 50.4 Å². The van der Waals surface area contributed by atoms with Crippen LogP contribution in [0.5, 0.6) is 0 Å². The highest BCUT2D eigenvalue weighted by molar-refractivity contribution is 6.00. The van der Waals surface area contributed by atoms with Crippen LogP contribution in [-0.4, -0.2) is 42.1 Å². The largest absolute Gasteiger partial charge is 0.332 e. The number of hydrogen-bond donors (Lipinski definition) is 0. The summed E-state index contributed by atoms with van der Waals surface area (Å²) in [5, 5.41) is 0. The van der Waals surface area contributed by atoms with E-state index in [4.69, 9.17) is 0 Å². The summed E-state index contributed by atoms with van der Waals surface area (Å²) in [6.07, 6.45) is 1.77. The van der Waals surface area contributed by atoms with Crippen molar-refractivity contribution in [3.63, 3.8) is 0 Å². The summed E-state index contributed by atoms with van der Waals surface area (Å²) in [5.41, 5.74) is 1.35. The molecule has 1 aliphatic heterocycles. The van der Waals surface area contributed by atoms with E-state index in [-0.39, 0.29) is 24.1 Å². The molecule has 1 saturated heterocycles. The molecule has 0 spiro atoms. The molecule has 0 unspecified atom stereocenters. The molecule has 5 nitrogen and oxygen atoms in total. The zero-order chi connectivity index (χ0) is 17.7. The predicted molar refractivity (Wildman–Crippen MR) is 94.1 cm³/mol. The summed E-state index contributed by atoms with van der Waals surface area (Å²) in [5.74, 6) is 0.489. The fourth-order valence-corrected chi connectivity index (χ4v) is 2.78. The Morgan fingerprint density at radius 2 is 1.96 bits per heavy atom. The first kappa shape index (κ1) is 18.2. The van der Waals surface area contributed by atoms with Crippen LogP contribution in [0.3, 0.4) is 0 Å². The lowest BCUT2D eigenvalue weighted by Gasteiger charge is -2.34. The number of carbonyl (C=O) groups is 3. The zero-order valence-corrected chi connectivity index (χ0v) is 14.7. The lowest BCUT2D eigenvalue weighted by molar-refractivity contribution is -0.137. The maximum Gasteiger partial charge on any atom is 0.246 e. The first-order chi connectivity index (χ1) is 11.4. The van der Waals surface area contributed by atoms with Crippen LogP contribution >= 0.6 is 0 Å². The average Bonchev–Trinajstić information content (AvgIpc) is 2.58. The van der Waals surface area contributed by atoms with Gasteiger partial charge in [-0.3, -0.25) is 14.4 Å². The monoisotopic (exact) mass is 330 g/mol. The Morgan fingerprint density at radius 1 is 1.21 bits per heavy atom. The summed E-state index contributed by atoms with van der Waals surface area (Å²) in [6.45, 7) is 7.11. The van der Waals surface area contributed by atoms with Gasteiger partial charge in [-0.1, -0.05) is 32.9 Å². The van der Waals surface area contributed by atoms with E-state index in [9.17, 15) is 14.4 Å². The average molecular weight is 330 g/mol. The number of ketones is 1. The lowest BCUT2D eigenvalue weighted by atomic mass is 10.1. The zero-order valence-electron chi connectivity index (χ0n) is 14.7. The second-order valence-electron chi connectivity index (χ2n) is 6.62. The fraction of sp³-hybridized carbons (Fsp3) is 0.526. The van der Waals surface area contributed by atoms with E-state index in [1.807, 2.05) is 13.0 Å². The van der Waals surface area contributed by atoms with Gasteiger partial charge in [0.2, 0.25) is 11.8 Å². The van der Waals surface area contributed by atoms with E-state index in [1.165, 1.54) is 0 Å². The first-order valence-corrected chi connectivity index (χ1v) is 8.63. The molecule has 0 saturated carbocycles. The van der Waals surface area contributed by atoms with Crippen molar-refractivity contribution in [3.8, 4) is 0 Å². The Labute approximate surface area is 143 Å². The molecule has 0 radical (unpaired) electrons. The molecule has 1 aromatic rings. The van der Waals surface area contributed by atoms with Crippen molar-refractivity contribution in [2.75, 3.05) is 24.5 Å². The molecule has 2 amide bonds. The third-order valence-electron chi connectivity index (χ3n) is 4.31. The summed E-state index contributed by atoms with van der Waals surface area (Å²) in [6, 6.07) is 7.16. The third kappa shape index (κ3) is 4.43. The normalized spacial score (nSPS) is 15.1. The minimum atomic E-state index is -0.0970. The Morgan fingerprint density at radius 3 is 2.58 bits per heavy atom. The van der Waals surface area contributed by atoms with Crippen molar-refractivity contribution in [1.29, 1.82) is 0 Å². The molecule has 1 aliphatic rings. The van der Waals surface area contributed by atoms with Gasteiger partial charge in [0, 0.05) is 37.2 Å². The Kier molecular flexibility index (Phi) is 6.12. The standard InChI is InChI=1S/C19H26N2O3/c1-4-17(22)15-6-5-7-16(12-15)21-11-10-20(13-19(21)24)18(23)9-8-14(2)3/h5-7,12,14H,4,8-11,13H2,1-3H3. The van der Waals surface area contributed by atoms with Gasteiger partial charge in [-0.15, -0.1) is 0 Å². The number of piperazine rings is 1. The molecular weight excluding hydrogens is 304 g/mol. The van der Waals surface area contributed by atoms with Crippen LogP contribution in [0.25, 0.3) is 0 Å². The molecular formula is C19H26N2O3. The molecule has 1 fully saturated rings. The Bertz CT molecular complexity index is 625. The molecule has 0 bridgehead atoms. The summed E-state index contributed by atoms with van der Waals surface area (Å²) < 4.78 is 0. The number of rotatable bonds is 6. The first-order valence-electron chi connectivity index (χ1n) is 8.63. The van der Waals surface area contributed by atoms with Gasteiger partial charge < -0.3 is 9.80 Å². The molecule has 2 rings (SSSR count). The van der Waals surface area contributed by atoms with Gasteiger partial charge in [0.15, 0.2) is 5.78 Å². The summed E-state index contributed by atoms with van der Waals surface area (Å²) >= 11 is 0. The highest BCUT2D eigenvalue weighted by atomic mass is 16.2. The van der Waals surface area contributed by atoms with Crippen LogP contribution in [0, 0.1) is 5.92 Å². The minimum Gasteiger partial charge on any atom is -0.332 e. The van der Waals surface area contributed by atoms with Gasteiger partial charge in [-0.05, 0) is 24.5 Å². The van der Waals surface area contributed by atoms with Crippen LogP contribution in [-0.2, 0) is 9.59 Å². The fourth-order valence-electron chi connectivity index (χ4n) is 2.78.